The molecule has 1 N–H and O–H groups in total. The number of furan rings is 1. The molecule has 0 fully saturated rings. The minimum absolute atomic E-state index is 0.0635. The van der Waals surface area contributed by atoms with Crippen molar-refractivity contribution in [1.82, 2.24) is 4.57 Å². The number of hydrogen-bond donors (Lipinski definition) is 1. The van der Waals surface area contributed by atoms with Gasteiger partial charge in [0.25, 0.3) is 11.5 Å². The fourth-order valence-electron chi connectivity index (χ4n) is 2.59. The minimum atomic E-state index is -0.319. The number of nitrogens with one attached hydrogen (secondary N) is 1. The van der Waals surface area contributed by atoms with Gasteiger partial charge in [-0.15, -0.1) is 0 Å². The van der Waals surface area contributed by atoms with Crippen LogP contribution in [0.2, 0.25) is 0 Å². The lowest BCUT2D eigenvalue weighted by molar-refractivity contribution is 0.0994. The summed E-state index contributed by atoms with van der Waals surface area (Å²) in [7, 11) is 0. The van der Waals surface area contributed by atoms with E-state index >= 15 is 0 Å². The zero-order chi connectivity index (χ0) is 18.7. The second kappa shape index (κ2) is 7.04. The van der Waals surface area contributed by atoms with Crippen LogP contribution in [0.3, 0.4) is 0 Å². The summed E-state index contributed by atoms with van der Waals surface area (Å²) in [5, 5.41) is 2.82. The molecule has 0 aliphatic heterocycles. The molecule has 134 valence electrons. The second-order valence-electron chi connectivity index (χ2n) is 7.21. The number of benzene rings is 1. The first-order chi connectivity index (χ1) is 12.3. The fourth-order valence-corrected chi connectivity index (χ4v) is 2.59. The van der Waals surface area contributed by atoms with E-state index in [1.54, 1.807) is 30.5 Å². The normalized spacial score (nSPS) is 11.3. The molecule has 0 aliphatic rings. The fraction of sp³-hybridized carbons (Fsp3) is 0.238. The largest absolute Gasteiger partial charge is 0.454 e. The topological polar surface area (TPSA) is 64.2 Å². The average Bonchev–Trinajstić information content (AvgIpc) is 3.05. The van der Waals surface area contributed by atoms with E-state index in [0.29, 0.717) is 11.4 Å². The van der Waals surface area contributed by atoms with Crippen LogP contribution in [0.4, 0.5) is 5.69 Å². The Labute approximate surface area is 152 Å². The molecule has 5 nitrogen and oxygen atoms in total. The molecule has 1 aromatic carbocycles. The first-order valence-electron chi connectivity index (χ1n) is 8.49. The van der Waals surface area contributed by atoms with Gasteiger partial charge in [0.15, 0.2) is 5.76 Å². The third-order valence-electron chi connectivity index (χ3n) is 4.12. The van der Waals surface area contributed by atoms with Gasteiger partial charge in [-0.1, -0.05) is 39.0 Å². The summed E-state index contributed by atoms with van der Waals surface area (Å²) < 4.78 is 7.10. The van der Waals surface area contributed by atoms with Crippen LogP contribution in [0.15, 0.2) is 70.0 Å². The van der Waals surface area contributed by atoms with E-state index in [1.807, 2.05) is 24.3 Å². The van der Waals surface area contributed by atoms with Crippen LogP contribution >= 0.6 is 0 Å². The Balaban J connectivity index is 1.68. The van der Waals surface area contributed by atoms with Crippen LogP contribution < -0.4 is 10.9 Å². The summed E-state index contributed by atoms with van der Waals surface area (Å²) in [6.07, 6.45) is 1.68. The highest BCUT2D eigenvalue weighted by Crippen LogP contribution is 2.23. The number of aromatic nitrogens is 1. The first-order valence-corrected chi connectivity index (χ1v) is 8.49. The van der Waals surface area contributed by atoms with E-state index in [9.17, 15) is 9.59 Å². The summed E-state index contributed by atoms with van der Waals surface area (Å²) in [6.45, 7) is 6.71. The molecule has 3 rings (SSSR count). The van der Waals surface area contributed by atoms with E-state index in [4.69, 9.17) is 4.42 Å². The number of rotatable bonds is 4. The molecule has 0 spiro atoms. The molecule has 5 heteroatoms. The Bertz CT molecular complexity index is 960. The molecule has 3 aromatic rings. The van der Waals surface area contributed by atoms with Gasteiger partial charge < -0.3 is 14.3 Å². The smallest absolute Gasteiger partial charge is 0.291 e. The zero-order valence-electron chi connectivity index (χ0n) is 15.2. The van der Waals surface area contributed by atoms with Crippen LogP contribution in [0, 0.1) is 0 Å². The van der Waals surface area contributed by atoms with Crippen molar-refractivity contribution >= 4 is 11.6 Å². The van der Waals surface area contributed by atoms with Gasteiger partial charge in [0.05, 0.1) is 6.54 Å². The van der Waals surface area contributed by atoms with E-state index in [-0.39, 0.29) is 29.2 Å². The maximum atomic E-state index is 12.4. The van der Waals surface area contributed by atoms with Gasteiger partial charge in [-0.2, -0.15) is 0 Å². The summed E-state index contributed by atoms with van der Waals surface area (Å²) in [5.74, 6) is 0.440. The van der Waals surface area contributed by atoms with Gasteiger partial charge in [-0.05, 0) is 41.3 Å². The molecule has 2 heterocycles. The maximum absolute atomic E-state index is 12.4. The molecule has 0 radical (unpaired) electrons. The number of nitrogens with zero attached hydrogens (tertiary/aromatic N) is 1. The highest BCUT2D eigenvalue weighted by molar-refractivity contribution is 6.02. The predicted octanol–water partition coefficient (Wildman–Crippen LogP) is 4.04. The highest BCUT2D eigenvalue weighted by atomic mass is 16.4. The van der Waals surface area contributed by atoms with Crippen LogP contribution in [-0.4, -0.2) is 10.5 Å². The van der Waals surface area contributed by atoms with Crippen molar-refractivity contribution < 1.29 is 9.21 Å². The van der Waals surface area contributed by atoms with Crippen molar-refractivity contribution in [3.63, 3.8) is 0 Å². The standard InChI is InChI=1S/C21H22N2O3/c1-21(2,3)15-7-9-16(10-8-15)22-20(25)18-12-11-17(26-18)14-23-13-5-4-6-19(23)24/h4-13H,14H2,1-3H3,(H,22,25). The van der Waals surface area contributed by atoms with E-state index in [1.165, 1.54) is 16.2 Å². The van der Waals surface area contributed by atoms with Gasteiger partial charge in [0, 0.05) is 18.0 Å². The lowest BCUT2D eigenvalue weighted by Crippen LogP contribution is -2.18. The Morgan fingerprint density at radius 1 is 1.04 bits per heavy atom. The number of pyridine rings is 1. The number of anilines is 1. The summed E-state index contributed by atoms with van der Waals surface area (Å²) in [5.41, 5.74) is 1.85. The van der Waals surface area contributed by atoms with Crippen LogP contribution in [-0.2, 0) is 12.0 Å². The minimum Gasteiger partial charge on any atom is -0.454 e. The number of carbonyl (C=O) groups is 1. The van der Waals surface area contributed by atoms with Crippen molar-refractivity contribution in [2.24, 2.45) is 0 Å². The molecule has 0 saturated heterocycles. The lowest BCUT2D eigenvalue weighted by atomic mass is 9.87. The predicted molar refractivity (Wildman–Crippen MR) is 102 cm³/mol. The van der Waals surface area contributed by atoms with Gasteiger partial charge in [-0.25, -0.2) is 0 Å². The Kier molecular flexibility index (Phi) is 4.80. The number of amides is 1. The molecular formula is C21H22N2O3. The third-order valence-corrected chi connectivity index (χ3v) is 4.12. The average molecular weight is 350 g/mol. The van der Waals surface area contributed by atoms with Crippen molar-refractivity contribution in [3.8, 4) is 0 Å². The SMILES string of the molecule is CC(C)(C)c1ccc(NC(=O)c2ccc(Cn3ccccc3=O)o2)cc1. The highest BCUT2D eigenvalue weighted by Gasteiger charge is 2.15. The van der Waals surface area contributed by atoms with Gasteiger partial charge in [-0.3, -0.25) is 9.59 Å². The third kappa shape index (κ3) is 4.11. The Morgan fingerprint density at radius 2 is 1.77 bits per heavy atom. The molecule has 0 saturated carbocycles. The number of carbonyl (C=O) groups excluding carboxylic acids is 1. The van der Waals surface area contributed by atoms with E-state index in [2.05, 4.69) is 26.1 Å². The van der Waals surface area contributed by atoms with Gasteiger partial charge >= 0.3 is 0 Å². The van der Waals surface area contributed by atoms with Crippen LogP contribution in [0.25, 0.3) is 0 Å². The quantitative estimate of drug-likeness (QED) is 0.772. The molecule has 0 bridgehead atoms. The first kappa shape index (κ1) is 17.7. The molecule has 2 aromatic heterocycles. The summed E-state index contributed by atoms with van der Waals surface area (Å²) in [6, 6.07) is 16.0. The lowest BCUT2D eigenvalue weighted by Gasteiger charge is -2.19. The van der Waals surface area contributed by atoms with Crippen molar-refractivity contribution in [2.45, 2.75) is 32.7 Å². The van der Waals surface area contributed by atoms with Crippen LogP contribution in [0.5, 0.6) is 0 Å². The Hall–Kier alpha value is -3.08. The van der Waals surface area contributed by atoms with Gasteiger partial charge in [0.2, 0.25) is 0 Å². The zero-order valence-corrected chi connectivity index (χ0v) is 15.2. The van der Waals surface area contributed by atoms with Gasteiger partial charge in [0.1, 0.15) is 5.76 Å². The van der Waals surface area contributed by atoms with Crippen molar-refractivity contribution in [3.05, 3.63) is 88.2 Å². The van der Waals surface area contributed by atoms with E-state index < -0.39 is 0 Å². The number of hydrogen-bond acceptors (Lipinski definition) is 3. The molecule has 0 unspecified atom stereocenters. The van der Waals surface area contributed by atoms with E-state index in [0.717, 1.165) is 0 Å². The second-order valence-corrected chi connectivity index (χ2v) is 7.21. The maximum Gasteiger partial charge on any atom is 0.291 e. The molecule has 0 atom stereocenters. The van der Waals surface area contributed by atoms with Crippen LogP contribution in [0.1, 0.15) is 42.6 Å². The molecule has 0 aliphatic carbocycles. The Morgan fingerprint density at radius 3 is 2.42 bits per heavy atom. The summed E-state index contributed by atoms with van der Waals surface area (Å²) >= 11 is 0. The monoisotopic (exact) mass is 350 g/mol. The summed E-state index contributed by atoms with van der Waals surface area (Å²) in [4.78, 5) is 24.1. The molecule has 26 heavy (non-hydrogen) atoms. The molecule has 1 amide bonds. The van der Waals surface area contributed by atoms with Crippen molar-refractivity contribution in [2.75, 3.05) is 5.32 Å². The molecular weight excluding hydrogens is 328 g/mol. The van der Waals surface area contributed by atoms with Crippen molar-refractivity contribution in [1.29, 1.82) is 0 Å².